The van der Waals surface area contributed by atoms with E-state index in [0.29, 0.717) is 23.0 Å². The Morgan fingerprint density at radius 1 is 1.14 bits per heavy atom. The number of benzene rings is 1. The molecule has 2 heterocycles. The van der Waals surface area contributed by atoms with E-state index < -0.39 is 0 Å². The molecule has 156 valence electrons. The molecule has 29 heavy (non-hydrogen) atoms. The molecule has 3 rings (SSSR count). The number of carbonyl (C=O) groups excluding carboxylic acids is 1. The van der Waals surface area contributed by atoms with Crippen LogP contribution < -0.4 is 10.2 Å². The number of morpholine rings is 1. The monoisotopic (exact) mass is 435 g/mol. The van der Waals surface area contributed by atoms with Crippen LogP contribution in [-0.4, -0.2) is 36.2 Å². The number of carbonyl (C=O) groups is 1. The SMILES string of the molecule is CC1CN(c2ccc(CNC(=O)CCCc3ccc(Cl)c(Cl)c3)cn2)CC(C)O1. The number of halogens is 2. The normalized spacial score (nSPS) is 19.2. The van der Waals surface area contributed by atoms with Crippen LogP contribution in [0.3, 0.4) is 0 Å². The van der Waals surface area contributed by atoms with Crippen molar-refractivity contribution >= 4 is 34.9 Å². The second-order valence-electron chi connectivity index (χ2n) is 7.57. The van der Waals surface area contributed by atoms with Gasteiger partial charge in [0.1, 0.15) is 5.82 Å². The third-order valence-corrected chi connectivity index (χ3v) is 5.63. The molecular formula is C22H27Cl2N3O2. The number of hydrogen-bond donors (Lipinski definition) is 1. The van der Waals surface area contributed by atoms with Crippen LogP contribution in [0.1, 0.15) is 37.8 Å². The fourth-order valence-corrected chi connectivity index (χ4v) is 3.83. The smallest absolute Gasteiger partial charge is 0.220 e. The maximum atomic E-state index is 12.1. The van der Waals surface area contributed by atoms with Crippen molar-refractivity contribution in [2.45, 2.75) is 51.9 Å². The molecule has 7 heteroatoms. The Bertz CT molecular complexity index is 819. The van der Waals surface area contributed by atoms with Gasteiger partial charge in [-0.05, 0) is 56.0 Å². The lowest BCUT2D eigenvalue weighted by Crippen LogP contribution is -2.45. The predicted octanol–water partition coefficient (Wildman–Crippen LogP) is 4.64. The number of aryl methyl sites for hydroxylation is 1. The molecule has 1 N–H and O–H groups in total. The van der Waals surface area contributed by atoms with Gasteiger partial charge in [-0.1, -0.05) is 35.3 Å². The van der Waals surface area contributed by atoms with Gasteiger partial charge in [0.2, 0.25) is 5.91 Å². The first-order valence-corrected chi connectivity index (χ1v) is 10.7. The molecule has 1 aromatic heterocycles. The molecular weight excluding hydrogens is 409 g/mol. The van der Waals surface area contributed by atoms with Crippen molar-refractivity contribution in [3.05, 3.63) is 57.7 Å². The van der Waals surface area contributed by atoms with Gasteiger partial charge in [0, 0.05) is 32.3 Å². The lowest BCUT2D eigenvalue weighted by molar-refractivity contribution is -0.121. The largest absolute Gasteiger partial charge is 0.372 e. The number of aromatic nitrogens is 1. The fourth-order valence-electron chi connectivity index (χ4n) is 3.51. The van der Waals surface area contributed by atoms with E-state index in [2.05, 4.69) is 29.0 Å². The van der Waals surface area contributed by atoms with Crippen molar-refractivity contribution in [2.24, 2.45) is 0 Å². The van der Waals surface area contributed by atoms with Crippen LogP contribution in [0.2, 0.25) is 10.0 Å². The van der Waals surface area contributed by atoms with Gasteiger partial charge >= 0.3 is 0 Å². The van der Waals surface area contributed by atoms with Crippen LogP contribution in [0.25, 0.3) is 0 Å². The summed E-state index contributed by atoms with van der Waals surface area (Å²) in [7, 11) is 0. The lowest BCUT2D eigenvalue weighted by Gasteiger charge is -2.36. The van der Waals surface area contributed by atoms with Crippen molar-refractivity contribution in [3.8, 4) is 0 Å². The molecule has 0 radical (unpaired) electrons. The van der Waals surface area contributed by atoms with Gasteiger partial charge in [-0.3, -0.25) is 4.79 Å². The van der Waals surface area contributed by atoms with E-state index >= 15 is 0 Å². The van der Waals surface area contributed by atoms with Crippen LogP contribution >= 0.6 is 23.2 Å². The highest BCUT2D eigenvalue weighted by atomic mass is 35.5. The Morgan fingerprint density at radius 3 is 2.52 bits per heavy atom. The highest BCUT2D eigenvalue weighted by Crippen LogP contribution is 2.23. The van der Waals surface area contributed by atoms with Crippen LogP contribution in [0.15, 0.2) is 36.5 Å². The molecule has 2 unspecified atom stereocenters. The Hall–Kier alpha value is -1.82. The van der Waals surface area contributed by atoms with Crippen molar-refractivity contribution in [3.63, 3.8) is 0 Å². The number of anilines is 1. The van der Waals surface area contributed by atoms with Crippen LogP contribution in [0.4, 0.5) is 5.82 Å². The minimum atomic E-state index is 0.0324. The van der Waals surface area contributed by atoms with E-state index in [-0.39, 0.29) is 18.1 Å². The van der Waals surface area contributed by atoms with Crippen LogP contribution in [-0.2, 0) is 22.5 Å². The summed E-state index contributed by atoms with van der Waals surface area (Å²) >= 11 is 11.9. The zero-order chi connectivity index (χ0) is 20.8. The summed E-state index contributed by atoms with van der Waals surface area (Å²) in [6, 6.07) is 9.61. The Kier molecular flexibility index (Phi) is 7.76. The van der Waals surface area contributed by atoms with Gasteiger partial charge in [-0.2, -0.15) is 0 Å². The van der Waals surface area contributed by atoms with E-state index in [9.17, 15) is 4.79 Å². The van der Waals surface area contributed by atoms with E-state index in [0.717, 1.165) is 42.9 Å². The highest BCUT2D eigenvalue weighted by Gasteiger charge is 2.22. The number of nitrogens with zero attached hydrogens (tertiary/aromatic N) is 2. The number of amides is 1. The molecule has 0 bridgehead atoms. The second-order valence-corrected chi connectivity index (χ2v) is 8.38. The predicted molar refractivity (Wildman–Crippen MR) is 118 cm³/mol. The van der Waals surface area contributed by atoms with E-state index in [1.54, 1.807) is 6.07 Å². The minimum Gasteiger partial charge on any atom is -0.372 e. The molecule has 1 amide bonds. The average molecular weight is 436 g/mol. The molecule has 0 aliphatic carbocycles. The third kappa shape index (κ3) is 6.59. The maximum absolute atomic E-state index is 12.1. The number of hydrogen-bond acceptors (Lipinski definition) is 4. The Labute approximate surface area is 182 Å². The van der Waals surface area contributed by atoms with Gasteiger partial charge in [-0.25, -0.2) is 4.98 Å². The number of nitrogens with one attached hydrogen (secondary N) is 1. The van der Waals surface area contributed by atoms with Crippen molar-refractivity contribution < 1.29 is 9.53 Å². The molecule has 1 saturated heterocycles. The van der Waals surface area contributed by atoms with Gasteiger partial charge in [0.25, 0.3) is 0 Å². The maximum Gasteiger partial charge on any atom is 0.220 e. The average Bonchev–Trinajstić information content (AvgIpc) is 2.69. The minimum absolute atomic E-state index is 0.0324. The zero-order valence-corrected chi connectivity index (χ0v) is 18.3. The first-order chi connectivity index (χ1) is 13.9. The molecule has 2 aromatic rings. The molecule has 1 fully saturated rings. The summed E-state index contributed by atoms with van der Waals surface area (Å²) in [6.07, 6.45) is 4.24. The molecule has 5 nitrogen and oxygen atoms in total. The summed E-state index contributed by atoms with van der Waals surface area (Å²) in [5.74, 6) is 0.980. The van der Waals surface area contributed by atoms with E-state index in [1.165, 1.54) is 0 Å². The second kappa shape index (κ2) is 10.3. The van der Waals surface area contributed by atoms with Crippen molar-refractivity contribution in [1.82, 2.24) is 10.3 Å². The molecule has 0 saturated carbocycles. The summed E-state index contributed by atoms with van der Waals surface area (Å²) < 4.78 is 5.77. The quantitative estimate of drug-likeness (QED) is 0.687. The van der Waals surface area contributed by atoms with Gasteiger partial charge < -0.3 is 15.0 Å². The topological polar surface area (TPSA) is 54.5 Å². The van der Waals surface area contributed by atoms with Crippen LogP contribution in [0.5, 0.6) is 0 Å². The van der Waals surface area contributed by atoms with Gasteiger partial charge in [0.05, 0.1) is 22.3 Å². The molecule has 2 atom stereocenters. The molecule has 1 aliphatic rings. The lowest BCUT2D eigenvalue weighted by atomic mass is 10.1. The third-order valence-electron chi connectivity index (χ3n) is 4.90. The number of pyridine rings is 1. The number of rotatable bonds is 7. The first kappa shape index (κ1) is 21.9. The fraction of sp³-hybridized carbons (Fsp3) is 0.455. The van der Waals surface area contributed by atoms with Gasteiger partial charge in [0.15, 0.2) is 0 Å². The zero-order valence-electron chi connectivity index (χ0n) is 16.8. The standard InChI is InChI=1S/C22H27Cl2N3O2/c1-15-13-27(14-16(2)29-15)21-9-7-18(11-25-21)12-26-22(28)5-3-4-17-6-8-19(23)20(24)10-17/h6-11,15-16H,3-5,12-14H2,1-2H3,(H,26,28). The molecule has 1 aliphatic heterocycles. The number of ether oxygens (including phenoxy) is 1. The summed E-state index contributed by atoms with van der Waals surface area (Å²) in [6.45, 7) is 6.31. The molecule has 1 aromatic carbocycles. The van der Waals surface area contributed by atoms with E-state index in [4.69, 9.17) is 27.9 Å². The Balaban J connectivity index is 1.41. The molecule has 0 spiro atoms. The highest BCUT2D eigenvalue weighted by molar-refractivity contribution is 6.42. The summed E-state index contributed by atoms with van der Waals surface area (Å²) in [4.78, 5) is 18.9. The summed E-state index contributed by atoms with van der Waals surface area (Å²) in [5, 5.41) is 4.05. The van der Waals surface area contributed by atoms with Crippen LogP contribution in [0, 0.1) is 0 Å². The Morgan fingerprint density at radius 2 is 1.86 bits per heavy atom. The van der Waals surface area contributed by atoms with Crippen molar-refractivity contribution in [1.29, 1.82) is 0 Å². The summed E-state index contributed by atoms with van der Waals surface area (Å²) in [5.41, 5.74) is 2.07. The van der Waals surface area contributed by atoms with Gasteiger partial charge in [-0.15, -0.1) is 0 Å². The first-order valence-electron chi connectivity index (χ1n) is 9.96. The van der Waals surface area contributed by atoms with Crippen molar-refractivity contribution in [2.75, 3.05) is 18.0 Å². The van der Waals surface area contributed by atoms with E-state index in [1.807, 2.05) is 30.5 Å².